The summed E-state index contributed by atoms with van der Waals surface area (Å²) in [6.45, 7) is 5.42. The number of nitrogens with zero attached hydrogens (tertiary/aromatic N) is 3. The first-order valence-electron chi connectivity index (χ1n) is 7.28. The van der Waals surface area contributed by atoms with Gasteiger partial charge in [-0.05, 0) is 31.8 Å². The van der Waals surface area contributed by atoms with E-state index >= 15 is 0 Å². The first-order valence-corrected chi connectivity index (χ1v) is 7.28. The number of piperidine rings is 1. The van der Waals surface area contributed by atoms with Crippen LogP contribution in [0, 0.1) is 5.92 Å². The minimum absolute atomic E-state index is 0.0243. The summed E-state index contributed by atoms with van der Waals surface area (Å²) in [5.41, 5.74) is 0. The van der Waals surface area contributed by atoms with Crippen LogP contribution in [0.15, 0.2) is 12.4 Å². The van der Waals surface area contributed by atoms with Gasteiger partial charge in [0.15, 0.2) is 0 Å². The molecule has 0 atom stereocenters. The van der Waals surface area contributed by atoms with Crippen molar-refractivity contribution >= 4 is 5.91 Å². The van der Waals surface area contributed by atoms with Crippen LogP contribution < -0.4 is 0 Å². The lowest BCUT2D eigenvalue weighted by atomic mass is 9.99. The molecule has 6 nitrogen and oxygen atoms in total. The maximum Gasteiger partial charge on any atom is 0.237 e. The van der Waals surface area contributed by atoms with Crippen LogP contribution in [-0.4, -0.2) is 63.6 Å². The van der Waals surface area contributed by atoms with Gasteiger partial charge in [0.05, 0.1) is 19.7 Å². The lowest BCUT2D eigenvalue weighted by Crippen LogP contribution is -2.44. The molecule has 1 aromatic rings. The summed E-state index contributed by atoms with van der Waals surface area (Å²) in [5, 5.41) is 9.12. The Morgan fingerprint density at radius 1 is 1.55 bits per heavy atom. The maximum atomic E-state index is 12.3. The SMILES string of the molecule is CC1CCN(CC(=O)N(CCO)Cc2ncc[nH]2)CC1. The zero-order valence-electron chi connectivity index (χ0n) is 12.1. The second-order valence-corrected chi connectivity index (χ2v) is 5.53. The number of aromatic amines is 1. The molecule has 0 aliphatic carbocycles. The molecule has 112 valence electrons. The number of H-pyrrole nitrogens is 1. The summed E-state index contributed by atoms with van der Waals surface area (Å²) in [6.07, 6.45) is 5.73. The fourth-order valence-electron chi connectivity index (χ4n) is 2.49. The third-order valence-electron chi connectivity index (χ3n) is 3.85. The minimum Gasteiger partial charge on any atom is -0.395 e. The van der Waals surface area contributed by atoms with Gasteiger partial charge in [-0.25, -0.2) is 4.98 Å². The number of aromatic nitrogens is 2. The van der Waals surface area contributed by atoms with Gasteiger partial charge in [0.25, 0.3) is 0 Å². The van der Waals surface area contributed by atoms with E-state index in [9.17, 15) is 4.79 Å². The third-order valence-corrected chi connectivity index (χ3v) is 3.85. The van der Waals surface area contributed by atoms with E-state index in [2.05, 4.69) is 21.8 Å². The number of aliphatic hydroxyl groups excluding tert-OH is 1. The number of carbonyl (C=O) groups excluding carboxylic acids is 1. The van der Waals surface area contributed by atoms with E-state index in [1.807, 2.05) is 0 Å². The number of nitrogens with one attached hydrogen (secondary N) is 1. The Kier molecular flexibility index (Phi) is 5.55. The van der Waals surface area contributed by atoms with Crippen molar-refractivity contribution in [1.29, 1.82) is 0 Å². The molecule has 6 heteroatoms. The van der Waals surface area contributed by atoms with Crippen molar-refractivity contribution in [3.8, 4) is 0 Å². The van der Waals surface area contributed by atoms with E-state index < -0.39 is 0 Å². The summed E-state index contributed by atoms with van der Waals surface area (Å²) in [5.74, 6) is 1.57. The molecule has 2 heterocycles. The van der Waals surface area contributed by atoms with Crippen LogP contribution in [0.3, 0.4) is 0 Å². The average Bonchev–Trinajstić information content (AvgIpc) is 2.94. The fourth-order valence-corrected chi connectivity index (χ4v) is 2.49. The highest BCUT2D eigenvalue weighted by Crippen LogP contribution is 2.15. The Labute approximate surface area is 119 Å². The van der Waals surface area contributed by atoms with Crippen LogP contribution in [0.5, 0.6) is 0 Å². The first kappa shape index (κ1) is 15.0. The van der Waals surface area contributed by atoms with Crippen molar-refractivity contribution in [3.63, 3.8) is 0 Å². The zero-order chi connectivity index (χ0) is 14.4. The van der Waals surface area contributed by atoms with Crippen LogP contribution in [0.4, 0.5) is 0 Å². The van der Waals surface area contributed by atoms with Crippen LogP contribution >= 0.6 is 0 Å². The Hall–Kier alpha value is -1.40. The number of amides is 1. The van der Waals surface area contributed by atoms with Crippen molar-refractivity contribution in [2.75, 3.05) is 32.8 Å². The van der Waals surface area contributed by atoms with Gasteiger partial charge in [-0.3, -0.25) is 9.69 Å². The zero-order valence-corrected chi connectivity index (χ0v) is 12.1. The summed E-state index contributed by atoms with van der Waals surface area (Å²) >= 11 is 0. The molecule has 2 N–H and O–H groups in total. The molecular weight excluding hydrogens is 256 g/mol. The normalized spacial score (nSPS) is 17.3. The molecule has 0 bridgehead atoms. The van der Waals surface area contributed by atoms with Gasteiger partial charge in [-0.1, -0.05) is 6.92 Å². The van der Waals surface area contributed by atoms with Crippen LogP contribution in [0.2, 0.25) is 0 Å². The summed E-state index contributed by atoms with van der Waals surface area (Å²) < 4.78 is 0. The van der Waals surface area contributed by atoms with E-state index in [1.54, 1.807) is 17.3 Å². The molecule has 1 amide bonds. The van der Waals surface area contributed by atoms with E-state index in [1.165, 1.54) is 0 Å². The quantitative estimate of drug-likeness (QED) is 0.794. The maximum absolute atomic E-state index is 12.3. The van der Waals surface area contributed by atoms with Gasteiger partial charge < -0.3 is 15.0 Å². The number of carbonyl (C=O) groups is 1. The fraction of sp³-hybridized carbons (Fsp3) is 0.714. The van der Waals surface area contributed by atoms with Crippen molar-refractivity contribution in [3.05, 3.63) is 18.2 Å². The Morgan fingerprint density at radius 2 is 2.30 bits per heavy atom. The van der Waals surface area contributed by atoms with E-state index in [0.717, 1.165) is 37.7 Å². The van der Waals surface area contributed by atoms with Gasteiger partial charge in [0, 0.05) is 18.9 Å². The highest BCUT2D eigenvalue weighted by Gasteiger charge is 2.21. The highest BCUT2D eigenvalue weighted by molar-refractivity contribution is 5.78. The number of likely N-dealkylation sites (tertiary alicyclic amines) is 1. The molecule has 0 unspecified atom stereocenters. The molecule has 0 aromatic carbocycles. The van der Waals surface area contributed by atoms with Crippen molar-refractivity contribution in [2.24, 2.45) is 5.92 Å². The predicted molar refractivity (Wildman–Crippen MR) is 75.9 cm³/mol. The first-order chi connectivity index (χ1) is 9.69. The summed E-state index contributed by atoms with van der Waals surface area (Å²) in [6, 6.07) is 0. The Morgan fingerprint density at radius 3 is 2.90 bits per heavy atom. The molecule has 1 saturated heterocycles. The van der Waals surface area contributed by atoms with E-state index in [0.29, 0.717) is 19.6 Å². The lowest BCUT2D eigenvalue weighted by Gasteiger charge is -2.31. The summed E-state index contributed by atoms with van der Waals surface area (Å²) in [4.78, 5) is 23.3. The lowest BCUT2D eigenvalue weighted by molar-refractivity contribution is -0.134. The van der Waals surface area contributed by atoms with E-state index in [-0.39, 0.29) is 12.5 Å². The molecule has 1 aliphatic rings. The second-order valence-electron chi connectivity index (χ2n) is 5.53. The van der Waals surface area contributed by atoms with E-state index in [4.69, 9.17) is 5.11 Å². The second kappa shape index (κ2) is 7.40. The molecule has 1 aliphatic heterocycles. The molecule has 0 spiro atoms. The van der Waals surface area contributed by atoms with Gasteiger partial charge >= 0.3 is 0 Å². The van der Waals surface area contributed by atoms with Crippen LogP contribution in [0.25, 0.3) is 0 Å². The molecular formula is C14H24N4O2. The number of hydrogen-bond acceptors (Lipinski definition) is 4. The van der Waals surface area contributed by atoms with Crippen LogP contribution in [-0.2, 0) is 11.3 Å². The average molecular weight is 280 g/mol. The van der Waals surface area contributed by atoms with Gasteiger partial charge in [0.2, 0.25) is 5.91 Å². The Bertz CT molecular complexity index is 399. The largest absolute Gasteiger partial charge is 0.395 e. The van der Waals surface area contributed by atoms with Gasteiger partial charge in [-0.15, -0.1) is 0 Å². The van der Waals surface area contributed by atoms with Crippen molar-refractivity contribution in [1.82, 2.24) is 19.8 Å². The number of rotatable bonds is 6. The molecule has 1 fully saturated rings. The molecule has 2 rings (SSSR count). The number of imidazole rings is 1. The van der Waals surface area contributed by atoms with Crippen molar-refractivity contribution < 1.29 is 9.90 Å². The third kappa shape index (κ3) is 4.31. The van der Waals surface area contributed by atoms with Crippen LogP contribution in [0.1, 0.15) is 25.6 Å². The molecule has 0 saturated carbocycles. The highest BCUT2D eigenvalue weighted by atomic mass is 16.3. The Balaban J connectivity index is 1.86. The number of aliphatic hydroxyl groups is 1. The summed E-state index contributed by atoms with van der Waals surface area (Å²) in [7, 11) is 0. The minimum atomic E-state index is -0.0243. The molecule has 0 radical (unpaired) electrons. The standard InChI is InChI=1S/C14H24N4O2/c1-12-2-6-17(7-3-12)11-14(20)18(8-9-19)10-13-15-4-5-16-13/h4-5,12,19H,2-3,6-11H2,1H3,(H,15,16). The topological polar surface area (TPSA) is 72.5 Å². The molecule has 20 heavy (non-hydrogen) atoms. The van der Waals surface area contributed by atoms with Crippen molar-refractivity contribution in [2.45, 2.75) is 26.3 Å². The van der Waals surface area contributed by atoms with Gasteiger partial charge in [-0.2, -0.15) is 0 Å². The van der Waals surface area contributed by atoms with Gasteiger partial charge in [0.1, 0.15) is 5.82 Å². The monoisotopic (exact) mass is 280 g/mol. The predicted octanol–water partition coefficient (Wildman–Crippen LogP) is 0.462. The molecule has 1 aromatic heterocycles. The number of hydrogen-bond donors (Lipinski definition) is 2. The smallest absolute Gasteiger partial charge is 0.237 e.